The van der Waals surface area contributed by atoms with Crippen LogP contribution in [0, 0.1) is 16.0 Å². The number of benzene rings is 1. The average Bonchev–Trinajstić information content (AvgIpc) is 2.43. The van der Waals surface area contributed by atoms with Gasteiger partial charge in [0.05, 0.1) is 15.5 Å². The third-order valence-electron chi connectivity index (χ3n) is 2.69. The van der Waals surface area contributed by atoms with Crippen LogP contribution in [0.2, 0.25) is 0 Å². The first-order valence-corrected chi connectivity index (χ1v) is 6.87. The molecular formula is C13H14N2O3S. The zero-order valence-electron chi connectivity index (χ0n) is 10.4. The second kappa shape index (κ2) is 5.99. The van der Waals surface area contributed by atoms with E-state index in [0.29, 0.717) is 0 Å². The second-order valence-electron chi connectivity index (χ2n) is 4.38. The van der Waals surface area contributed by atoms with Gasteiger partial charge in [0.15, 0.2) is 0 Å². The van der Waals surface area contributed by atoms with E-state index < -0.39 is 4.92 Å². The summed E-state index contributed by atoms with van der Waals surface area (Å²) in [7, 11) is 0. The number of thioether (sulfide) groups is 1. The number of aromatic nitrogens is 1. The number of aliphatic hydroxyl groups is 1. The summed E-state index contributed by atoms with van der Waals surface area (Å²) < 4.78 is 0. The van der Waals surface area contributed by atoms with Crippen molar-refractivity contribution in [3.8, 4) is 0 Å². The van der Waals surface area contributed by atoms with E-state index in [0.717, 1.165) is 21.7 Å². The number of non-ortho nitro benzene ring substituents is 1. The number of fused-ring (bicyclic) bond motifs is 1. The van der Waals surface area contributed by atoms with Gasteiger partial charge in [0, 0.05) is 29.9 Å². The van der Waals surface area contributed by atoms with E-state index in [1.54, 1.807) is 17.8 Å². The standard InChI is InChI=1S/C13H14N2O3S/c1-9(7-16)8-19-13-5-2-10-6-11(15(17)18)3-4-12(10)14-13/h2-6,9,16H,7-8H2,1H3. The normalized spacial score (nSPS) is 12.5. The second-order valence-corrected chi connectivity index (χ2v) is 5.42. The fourth-order valence-corrected chi connectivity index (χ4v) is 2.46. The van der Waals surface area contributed by atoms with Gasteiger partial charge in [0.2, 0.25) is 0 Å². The van der Waals surface area contributed by atoms with Gasteiger partial charge in [0.1, 0.15) is 0 Å². The van der Waals surface area contributed by atoms with Crippen LogP contribution in [0.25, 0.3) is 10.9 Å². The van der Waals surface area contributed by atoms with Crippen LogP contribution in [0.4, 0.5) is 5.69 Å². The van der Waals surface area contributed by atoms with Gasteiger partial charge in [-0.1, -0.05) is 6.92 Å². The molecule has 0 saturated carbocycles. The van der Waals surface area contributed by atoms with Gasteiger partial charge in [-0.05, 0) is 24.1 Å². The van der Waals surface area contributed by atoms with Crippen molar-refractivity contribution in [2.75, 3.05) is 12.4 Å². The van der Waals surface area contributed by atoms with Crippen LogP contribution in [0.15, 0.2) is 35.4 Å². The summed E-state index contributed by atoms with van der Waals surface area (Å²) in [6.45, 7) is 2.13. The molecule has 2 rings (SSSR count). The number of pyridine rings is 1. The molecule has 6 heteroatoms. The molecule has 2 aromatic rings. The minimum Gasteiger partial charge on any atom is -0.396 e. The summed E-state index contributed by atoms with van der Waals surface area (Å²) in [6, 6.07) is 8.32. The van der Waals surface area contributed by atoms with Gasteiger partial charge in [-0.25, -0.2) is 4.98 Å². The first-order valence-electron chi connectivity index (χ1n) is 5.89. The van der Waals surface area contributed by atoms with Gasteiger partial charge in [-0.3, -0.25) is 10.1 Å². The molecule has 19 heavy (non-hydrogen) atoms. The third-order valence-corrected chi connectivity index (χ3v) is 3.94. The highest BCUT2D eigenvalue weighted by Gasteiger charge is 2.08. The summed E-state index contributed by atoms with van der Waals surface area (Å²) in [5, 5.41) is 21.3. The SMILES string of the molecule is CC(CO)CSc1ccc2cc([N+](=O)[O-])ccc2n1. The van der Waals surface area contributed by atoms with E-state index in [-0.39, 0.29) is 18.2 Å². The van der Waals surface area contributed by atoms with Crippen LogP contribution in [0.5, 0.6) is 0 Å². The molecule has 100 valence electrons. The van der Waals surface area contributed by atoms with Crippen LogP contribution in [-0.2, 0) is 0 Å². The van der Waals surface area contributed by atoms with Crippen LogP contribution in [0.1, 0.15) is 6.92 Å². The Hall–Kier alpha value is -1.66. The van der Waals surface area contributed by atoms with Crippen molar-refractivity contribution < 1.29 is 10.0 Å². The number of hydrogen-bond donors (Lipinski definition) is 1. The molecule has 1 heterocycles. The summed E-state index contributed by atoms with van der Waals surface area (Å²) in [4.78, 5) is 14.7. The van der Waals surface area contributed by atoms with Gasteiger partial charge in [0.25, 0.3) is 5.69 Å². The molecular weight excluding hydrogens is 264 g/mol. The molecule has 1 N–H and O–H groups in total. The van der Waals surface area contributed by atoms with E-state index in [2.05, 4.69) is 4.98 Å². The smallest absolute Gasteiger partial charge is 0.270 e. The Morgan fingerprint density at radius 3 is 2.89 bits per heavy atom. The number of nitrogens with zero attached hydrogens (tertiary/aromatic N) is 2. The van der Waals surface area contributed by atoms with E-state index in [1.165, 1.54) is 12.1 Å². The predicted octanol–water partition coefficient (Wildman–Crippen LogP) is 2.86. The largest absolute Gasteiger partial charge is 0.396 e. The Labute approximate surface area is 114 Å². The van der Waals surface area contributed by atoms with Crippen molar-refractivity contribution >= 4 is 28.4 Å². The average molecular weight is 278 g/mol. The molecule has 0 saturated heterocycles. The van der Waals surface area contributed by atoms with Crippen molar-refractivity contribution in [3.63, 3.8) is 0 Å². The zero-order valence-corrected chi connectivity index (χ0v) is 11.3. The maximum Gasteiger partial charge on any atom is 0.270 e. The van der Waals surface area contributed by atoms with Crippen LogP contribution in [0.3, 0.4) is 0 Å². The third kappa shape index (κ3) is 3.42. The van der Waals surface area contributed by atoms with Crippen molar-refractivity contribution in [2.24, 2.45) is 5.92 Å². The van der Waals surface area contributed by atoms with Gasteiger partial charge < -0.3 is 5.11 Å². The molecule has 0 aliphatic heterocycles. The first-order chi connectivity index (χ1) is 9.10. The topological polar surface area (TPSA) is 76.3 Å². The van der Waals surface area contributed by atoms with Crippen LogP contribution in [-0.4, -0.2) is 27.4 Å². The number of nitro benzene ring substituents is 1. The number of hydrogen-bond acceptors (Lipinski definition) is 5. The lowest BCUT2D eigenvalue weighted by Gasteiger charge is -2.07. The molecule has 1 aromatic carbocycles. The van der Waals surface area contributed by atoms with E-state index in [1.807, 2.05) is 19.1 Å². The van der Waals surface area contributed by atoms with E-state index in [4.69, 9.17) is 5.11 Å². The Balaban J connectivity index is 2.21. The lowest BCUT2D eigenvalue weighted by atomic mass is 10.2. The van der Waals surface area contributed by atoms with Crippen molar-refractivity contribution in [2.45, 2.75) is 11.9 Å². The molecule has 0 amide bonds. The monoisotopic (exact) mass is 278 g/mol. The Morgan fingerprint density at radius 1 is 1.42 bits per heavy atom. The molecule has 0 bridgehead atoms. The maximum atomic E-state index is 10.7. The van der Waals surface area contributed by atoms with E-state index >= 15 is 0 Å². The highest BCUT2D eigenvalue weighted by molar-refractivity contribution is 7.99. The molecule has 0 aliphatic carbocycles. The van der Waals surface area contributed by atoms with Gasteiger partial charge in [-0.2, -0.15) is 0 Å². The Bertz CT molecular complexity index is 603. The Morgan fingerprint density at radius 2 is 2.21 bits per heavy atom. The molecule has 1 atom stereocenters. The fourth-order valence-electron chi connectivity index (χ4n) is 1.57. The highest BCUT2D eigenvalue weighted by Crippen LogP contribution is 2.24. The first kappa shape index (κ1) is 13.8. The molecule has 0 fully saturated rings. The molecule has 1 aromatic heterocycles. The minimum atomic E-state index is -0.412. The quantitative estimate of drug-likeness (QED) is 0.517. The molecule has 5 nitrogen and oxygen atoms in total. The van der Waals surface area contributed by atoms with Crippen LogP contribution < -0.4 is 0 Å². The lowest BCUT2D eigenvalue weighted by Crippen LogP contribution is -2.03. The number of nitro groups is 1. The van der Waals surface area contributed by atoms with Gasteiger partial charge in [-0.15, -0.1) is 11.8 Å². The number of aliphatic hydroxyl groups excluding tert-OH is 1. The Kier molecular flexibility index (Phi) is 4.34. The molecule has 0 spiro atoms. The van der Waals surface area contributed by atoms with Crippen molar-refractivity contribution in [1.29, 1.82) is 0 Å². The summed E-state index contributed by atoms with van der Waals surface area (Å²) in [5.74, 6) is 1.02. The number of rotatable bonds is 5. The molecule has 0 aliphatic rings. The fraction of sp³-hybridized carbons (Fsp3) is 0.308. The molecule has 1 unspecified atom stereocenters. The minimum absolute atomic E-state index is 0.0728. The highest BCUT2D eigenvalue weighted by atomic mass is 32.2. The predicted molar refractivity (Wildman–Crippen MR) is 75.4 cm³/mol. The summed E-state index contributed by atoms with van der Waals surface area (Å²) >= 11 is 1.57. The summed E-state index contributed by atoms with van der Waals surface area (Å²) in [6.07, 6.45) is 0. The van der Waals surface area contributed by atoms with Crippen LogP contribution >= 0.6 is 11.8 Å². The van der Waals surface area contributed by atoms with Crippen molar-refractivity contribution in [3.05, 3.63) is 40.4 Å². The van der Waals surface area contributed by atoms with Gasteiger partial charge >= 0.3 is 0 Å². The maximum absolute atomic E-state index is 10.7. The lowest BCUT2D eigenvalue weighted by molar-refractivity contribution is -0.384. The summed E-state index contributed by atoms with van der Waals surface area (Å²) in [5.41, 5.74) is 0.816. The zero-order chi connectivity index (χ0) is 13.8. The molecule has 0 radical (unpaired) electrons. The van der Waals surface area contributed by atoms with Crippen molar-refractivity contribution in [1.82, 2.24) is 4.98 Å². The van der Waals surface area contributed by atoms with E-state index in [9.17, 15) is 10.1 Å².